The maximum absolute atomic E-state index is 12.7. The fourth-order valence-electron chi connectivity index (χ4n) is 1.70. The van der Waals surface area contributed by atoms with Crippen LogP contribution in [0.25, 0.3) is 11.3 Å². The molecule has 2 aromatic rings. The van der Waals surface area contributed by atoms with Crippen LogP contribution >= 0.6 is 0 Å². The Morgan fingerprint density at radius 2 is 1.55 bits per heavy atom. The van der Waals surface area contributed by atoms with Crippen LogP contribution in [0.5, 0.6) is 11.5 Å². The zero-order valence-electron chi connectivity index (χ0n) is 10.5. The lowest BCUT2D eigenvalue weighted by Gasteiger charge is -2.14. The monoisotopic (exact) mass is 323 g/mol. The molecule has 2 rings (SSSR count). The summed E-state index contributed by atoms with van der Waals surface area (Å²) >= 11 is 0. The second kappa shape index (κ2) is 5.39. The molecular weight excluding hydrogens is 316 g/mol. The fraction of sp³-hybridized carbons (Fsp3) is 0.154. The summed E-state index contributed by atoms with van der Waals surface area (Å²) in [5.74, 6) is -1.81. The van der Waals surface area contributed by atoms with Crippen molar-refractivity contribution in [1.29, 1.82) is 0 Å². The molecule has 0 saturated carbocycles. The van der Waals surface area contributed by atoms with E-state index in [1.54, 1.807) is 0 Å². The first-order valence-corrected chi connectivity index (χ1v) is 5.70. The molecule has 0 aliphatic rings. The van der Waals surface area contributed by atoms with Crippen LogP contribution in [0.3, 0.4) is 0 Å². The first-order valence-electron chi connectivity index (χ1n) is 5.70. The summed E-state index contributed by atoms with van der Waals surface area (Å²) in [6, 6.07) is 6.29. The number of aromatic hydroxyl groups is 1. The molecule has 1 heterocycles. The number of rotatable bonds is 2. The average Bonchev–Trinajstić information content (AvgIpc) is 2.37. The Bertz CT molecular complexity index is 681. The molecule has 118 valence electrons. The first kappa shape index (κ1) is 15.9. The van der Waals surface area contributed by atoms with Gasteiger partial charge in [0.1, 0.15) is 11.5 Å². The molecule has 9 heteroatoms. The molecule has 3 nitrogen and oxygen atoms in total. The molecule has 0 fully saturated rings. The van der Waals surface area contributed by atoms with E-state index in [1.807, 2.05) is 0 Å². The number of hydrogen-bond acceptors (Lipinski definition) is 3. The molecule has 0 atom stereocenters. The maximum atomic E-state index is 12.7. The van der Waals surface area contributed by atoms with E-state index in [2.05, 4.69) is 9.72 Å². The zero-order valence-corrected chi connectivity index (χ0v) is 10.5. The Balaban J connectivity index is 2.54. The molecule has 1 N–H and O–H groups in total. The molecule has 0 unspecified atom stereocenters. The van der Waals surface area contributed by atoms with E-state index in [-0.39, 0.29) is 5.56 Å². The summed E-state index contributed by atoms with van der Waals surface area (Å²) in [5, 5.41) is 9.18. The summed E-state index contributed by atoms with van der Waals surface area (Å²) in [5.41, 5.74) is -2.29. The summed E-state index contributed by atoms with van der Waals surface area (Å²) in [4.78, 5) is 3.18. The van der Waals surface area contributed by atoms with E-state index in [0.29, 0.717) is 6.07 Å². The molecule has 1 aromatic heterocycles. The van der Waals surface area contributed by atoms with Gasteiger partial charge in [-0.1, -0.05) is 12.1 Å². The number of halogens is 6. The molecule has 0 bridgehead atoms. The first-order chi connectivity index (χ1) is 10.1. The lowest BCUT2D eigenvalue weighted by molar-refractivity contribution is -0.274. The van der Waals surface area contributed by atoms with Crippen molar-refractivity contribution < 1.29 is 36.2 Å². The Hall–Kier alpha value is -2.45. The average molecular weight is 323 g/mol. The van der Waals surface area contributed by atoms with Gasteiger partial charge in [-0.15, -0.1) is 13.2 Å². The number of benzene rings is 1. The Kier molecular flexibility index (Phi) is 3.90. The minimum Gasteiger partial charge on any atom is -0.506 e. The quantitative estimate of drug-likeness (QED) is 0.835. The van der Waals surface area contributed by atoms with Gasteiger partial charge < -0.3 is 9.84 Å². The molecular formula is C13H7F6NO2. The normalized spacial score (nSPS) is 12.3. The molecule has 0 spiro atoms. The van der Waals surface area contributed by atoms with E-state index in [1.165, 1.54) is 12.1 Å². The maximum Gasteiger partial charge on any atom is 0.573 e. The van der Waals surface area contributed by atoms with Gasteiger partial charge in [0.05, 0.1) is 5.69 Å². The number of pyridine rings is 1. The predicted octanol–water partition coefficient (Wildman–Crippen LogP) is 4.37. The van der Waals surface area contributed by atoms with Gasteiger partial charge in [0.15, 0.2) is 5.69 Å². The van der Waals surface area contributed by atoms with Gasteiger partial charge >= 0.3 is 12.5 Å². The number of nitrogens with zero attached hydrogens (tertiary/aromatic N) is 1. The fourth-order valence-corrected chi connectivity index (χ4v) is 1.70. The Labute approximate surface area is 119 Å². The summed E-state index contributed by atoms with van der Waals surface area (Å²) in [6.45, 7) is 0. The highest BCUT2D eigenvalue weighted by Gasteiger charge is 2.37. The summed E-state index contributed by atoms with van der Waals surface area (Å²) in [7, 11) is 0. The number of para-hydroxylation sites is 1. The van der Waals surface area contributed by atoms with Crippen LogP contribution < -0.4 is 4.74 Å². The van der Waals surface area contributed by atoms with Crippen LogP contribution in [0.15, 0.2) is 36.4 Å². The standard InChI is InChI=1S/C13H7F6NO2/c14-12(15,16)11-9(21)6-5-8(20-11)7-3-1-2-4-10(7)22-13(17,18)19/h1-6,21H. The second-order valence-corrected chi connectivity index (χ2v) is 4.11. The molecule has 1 aromatic carbocycles. The van der Waals surface area contributed by atoms with Crippen LogP contribution in [0, 0.1) is 0 Å². The smallest absolute Gasteiger partial charge is 0.506 e. The third kappa shape index (κ3) is 3.60. The van der Waals surface area contributed by atoms with Crippen LogP contribution in [0.4, 0.5) is 26.3 Å². The number of hydrogen-bond donors (Lipinski definition) is 1. The van der Waals surface area contributed by atoms with Gasteiger partial charge in [-0.25, -0.2) is 4.98 Å². The molecule has 0 saturated heterocycles. The lowest BCUT2D eigenvalue weighted by Crippen LogP contribution is -2.17. The van der Waals surface area contributed by atoms with Crippen molar-refractivity contribution in [3.63, 3.8) is 0 Å². The topological polar surface area (TPSA) is 42.4 Å². The molecule has 0 amide bonds. The molecule has 22 heavy (non-hydrogen) atoms. The highest BCUT2D eigenvalue weighted by Crippen LogP contribution is 2.38. The zero-order chi connectivity index (χ0) is 16.5. The van der Waals surface area contributed by atoms with Crippen LogP contribution in [0.1, 0.15) is 5.69 Å². The largest absolute Gasteiger partial charge is 0.573 e. The van der Waals surface area contributed by atoms with E-state index in [4.69, 9.17) is 0 Å². The van der Waals surface area contributed by atoms with Gasteiger partial charge in [0.25, 0.3) is 0 Å². The van der Waals surface area contributed by atoms with E-state index < -0.39 is 35.4 Å². The van der Waals surface area contributed by atoms with Crippen molar-refractivity contribution in [1.82, 2.24) is 4.98 Å². The van der Waals surface area contributed by atoms with Crippen molar-refractivity contribution in [3.05, 3.63) is 42.1 Å². The van der Waals surface area contributed by atoms with Crippen molar-refractivity contribution in [2.45, 2.75) is 12.5 Å². The Morgan fingerprint density at radius 3 is 2.14 bits per heavy atom. The second-order valence-electron chi connectivity index (χ2n) is 4.11. The molecule has 0 aliphatic carbocycles. The minimum absolute atomic E-state index is 0.287. The Morgan fingerprint density at radius 1 is 0.909 bits per heavy atom. The number of aromatic nitrogens is 1. The summed E-state index contributed by atoms with van der Waals surface area (Å²) < 4.78 is 78.7. The van der Waals surface area contributed by atoms with Gasteiger partial charge in [-0.3, -0.25) is 0 Å². The summed E-state index contributed by atoms with van der Waals surface area (Å²) in [6.07, 6.45) is -9.94. The third-order valence-electron chi connectivity index (χ3n) is 2.53. The van der Waals surface area contributed by atoms with Gasteiger partial charge in [-0.05, 0) is 24.3 Å². The van der Waals surface area contributed by atoms with Crippen LogP contribution in [-0.2, 0) is 6.18 Å². The number of ether oxygens (including phenoxy) is 1. The van der Waals surface area contributed by atoms with Gasteiger partial charge in [0, 0.05) is 5.56 Å². The number of alkyl halides is 6. The van der Waals surface area contributed by atoms with Crippen molar-refractivity contribution in [2.24, 2.45) is 0 Å². The van der Waals surface area contributed by atoms with Gasteiger partial charge in [0.2, 0.25) is 0 Å². The molecule has 0 radical (unpaired) electrons. The van der Waals surface area contributed by atoms with Crippen molar-refractivity contribution >= 4 is 0 Å². The van der Waals surface area contributed by atoms with Gasteiger partial charge in [-0.2, -0.15) is 13.2 Å². The highest BCUT2D eigenvalue weighted by atomic mass is 19.4. The predicted molar refractivity (Wildman–Crippen MR) is 63.0 cm³/mol. The minimum atomic E-state index is -5.00. The highest BCUT2D eigenvalue weighted by molar-refractivity contribution is 5.67. The van der Waals surface area contributed by atoms with Crippen LogP contribution in [-0.4, -0.2) is 16.5 Å². The van der Waals surface area contributed by atoms with Crippen molar-refractivity contribution in [3.8, 4) is 22.8 Å². The SMILES string of the molecule is Oc1ccc(-c2ccccc2OC(F)(F)F)nc1C(F)(F)F. The lowest BCUT2D eigenvalue weighted by atomic mass is 10.1. The third-order valence-corrected chi connectivity index (χ3v) is 2.53. The van der Waals surface area contributed by atoms with E-state index in [0.717, 1.165) is 18.2 Å². The van der Waals surface area contributed by atoms with Crippen LogP contribution in [0.2, 0.25) is 0 Å². The van der Waals surface area contributed by atoms with E-state index in [9.17, 15) is 31.4 Å². The van der Waals surface area contributed by atoms with Crippen molar-refractivity contribution in [2.75, 3.05) is 0 Å². The molecule has 0 aliphatic heterocycles. The van der Waals surface area contributed by atoms with E-state index >= 15 is 0 Å².